The smallest absolute Gasteiger partial charge is 0.326 e. The summed E-state index contributed by atoms with van der Waals surface area (Å²) < 4.78 is 3.68. The van der Waals surface area contributed by atoms with E-state index in [1.165, 1.54) is 11.1 Å². The lowest BCUT2D eigenvalue weighted by atomic mass is 9.85. The van der Waals surface area contributed by atoms with Crippen molar-refractivity contribution in [3.05, 3.63) is 6.20 Å². The topological polar surface area (TPSA) is 95.4 Å². The summed E-state index contributed by atoms with van der Waals surface area (Å²) in [5.74, 6) is -0.604. The second-order valence-electron chi connectivity index (χ2n) is 5.32. The Balaban J connectivity index is 1.79. The quantitative estimate of drug-likeness (QED) is 0.867. The number of urea groups is 1. The molecule has 2 fully saturated rings. The van der Waals surface area contributed by atoms with E-state index in [0.717, 1.165) is 37.2 Å². The molecule has 1 aromatic heterocycles. The van der Waals surface area contributed by atoms with Gasteiger partial charge in [-0.05, 0) is 25.2 Å². The summed E-state index contributed by atoms with van der Waals surface area (Å²) in [5.41, 5.74) is 0. The summed E-state index contributed by atoms with van der Waals surface area (Å²) in [7, 11) is 0. The molecule has 108 valence electrons. The molecule has 2 N–H and O–H groups in total. The summed E-state index contributed by atoms with van der Waals surface area (Å²) in [6, 6.07) is -1.02. The predicted molar refractivity (Wildman–Crippen MR) is 72.6 cm³/mol. The van der Waals surface area contributed by atoms with E-state index in [2.05, 4.69) is 14.9 Å². The standard InChI is InChI=1S/C12H16N4O3S/c17-11(18)9-5-7-3-1-2-4-8(7)16(9)12(19)14-10-6-13-15-20-10/h6-9H,1-5H2,(H,14,19)(H,17,18). The van der Waals surface area contributed by atoms with E-state index in [-0.39, 0.29) is 12.1 Å². The van der Waals surface area contributed by atoms with Gasteiger partial charge in [-0.2, -0.15) is 0 Å². The zero-order valence-corrected chi connectivity index (χ0v) is 11.7. The van der Waals surface area contributed by atoms with Gasteiger partial charge in [0.25, 0.3) is 0 Å². The number of aliphatic carboxylic acids is 1. The fourth-order valence-electron chi connectivity index (χ4n) is 3.36. The largest absolute Gasteiger partial charge is 0.480 e. The number of carboxylic acids is 1. The molecule has 1 saturated carbocycles. The van der Waals surface area contributed by atoms with Crippen LogP contribution in [0.4, 0.5) is 9.80 Å². The second kappa shape index (κ2) is 5.35. The van der Waals surface area contributed by atoms with Crippen LogP contribution in [0.5, 0.6) is 0 Å². The monoisotopic (exact) mass is 296 g/mol. The second-order valence-corrected chi connectivity index (χ2v) is 6.11. The van der Waals surface area contributed by atoms with Crippen molar-refractivity contribution in [2.45, 2.75) is 44.2 Å². The Hall–Kier alpha value is -1.70. The van der Waals surface area contributed by atoms with Crippen molar-refractivity contribution < 1.29 is 14.7 Å². The number of carbonyl (C=O) groups excluding carboxylic acids is 1. The number of rotatable bonds is 2. The van der Waals surface area contributed by atoms with Crippen molar-refractivity contribution >= 4 is 28.5 Å². The minimum atomic E-state index is -0.919. The first-order valence-corrected chi connectivity index (χ1v) is 7.53. The fraction of sp³-hybridized carbons (Fsp3) is 0.667. The number of carboxylic acid groups (broad SMARTS) is 1. The first-order chi connectivity index (χ1) is 9.66. The average Bonchev–Trinajstić information content (AvgIpc) is 3.04. The maximum Gasteiger partial charge on any atom is 0.326 e. The number of likely N-dealkylation sites (tertiary alicyclic amines) is 1. The lowest BCUT2D eigenvalue weighted by Crippen LogP contribution is -2.48. The molecule has 0 radical (unpaired) electrons. The first kappa shape index (κ1) is 13.3. The van der Waals surface area contributed by atoms with E-state index in [1.807, 2.05) is 0 Å². The number of fused-ring (bicyclic) bond motifs is 1. The molecule has 3 atom stereocenters. The van der Waals surface area contributed by atoms with Crippen molar-refractivity contribution in [1.29, 1.82) is 0 Å². The molecule has 1 aromatic rings. The number of anilines is 1. The van der Waals surface area contributed by atoms with Crippen LogP contribution in [-0.4, -0.2) is 43.7 Å². The highest BCUT2D eigenvalue weighted by atomic mass is 32.1. The number of hydrogen-bond donors (Lipinski definition) is 2. The maximum absolute atomic E-state index is 12.4. The van der Waals surface area contributed by atoms with Crippen molar-refractivity contribution in [3.63, 3.8) is 0 Å². The van der Waals surface area contributed by atoms with Crippen LogP contribution in [0.2, 0.25) is 0 Å². The maximum atomic E-state index is 12.4. The van der Waals surface area contributed by atoms with Gasteiger partial charge in [-0.3, -0.25) is 5.32 Å². The van der Waals surface area contributed by atoms with Crippen molar-refractivity contribution in [1.82, 2.24) is 14.5 Å². The Kier molecular flexibility index (Phi) is 3.56. The predicted octanol–water partition coefficient (Wildman–Crippen LogP) is 1.79. The van der Waals surface area contributed by atoms with Crippen LogP contribution in [0.25, 0.3) is 0 Å². The molecule has 1 aliphatic heterocycles. The van der Waals surface area contributed by atoms with E-state index in [0.29, 0.717) is 17.3 Å². The summed E-state index contributed by atoms with van der Waals surface area (Å²) in [5, 5.41) is 16.3. The number of aromatic nitrogens is 2. The summed E-state index contributed by atoms with van der Waals surface area (Å²) >= 11 is 1.08. The summed E-state index contributed by atoms with van der Waals surface area (Å²) in [6.07, 6.45) is 6.12. The van der Waals surface area contributed by atoms with Gasteiger partial charge in [0.2, 0.25) is 0 Å². The molecule has 2 amide bonds. The average molecular weight is 296 g/mol. The van der Waals surface area contributed by atoms with Gasteiger partial charge in [-0.1, -0.05) is 17.3 Å². The molecule has 0 bridgehead atoms. The fourth-order valence-corrected chi connectivity index (χ4v) is 3.77. The molecule has 1 saturated heterocycles. The van der Waals surface area contributed by atoms with E-state index in [1.54, 1.807) is 0 Å². The van der Waals surface area contributed by atoms with Gasteiger partial charge in [0.05, 0.1) is 6.20 Å². The molecule has 1 aliphatic carbocycles. The first-order valence-electron chi connectivity index (χ1n) is 6.76. The van der Waals surface area contributed by atoms with Crippen LogP contribution in [0.3, 0.4) is 0 Å². The van der Waals surface area contributed by atoms with E-state index in [4.69, 9.17) is 0 Å². The molecule has 2 heterocycles. The lowest BCUT2D eigenvalue weighted by molar-refractivity contribution is -0.141. The van der Waals surface area contributed by atoms with Gasteiger partial charge in [-0.25, -0.2) is 9.59 Å². The normalized spacial score (nSPS) is 29.0. The number of carbonyl (C=O) groups is 2. The van der Waals surface area contributed by atoms with E-state index < -0.39 is 12.0 Å². The molecule has 0 spiro atoms. The van der Waals surface area contributed by atoms with Crippen LogP contribution in [0, 0.1) is 5.92 Å². The van der Waals surface area contributed by atoms with Crippen LogP contribution in [0.15, 0.2) is 6.20 Å². The van der Waals surface area contributed by atoms with Crippen LogP contribution in [0.1, 0.15) is 32.1 Å². The highest BCUT2D eigenvalue weighted by molar-refractivity contribution is 7.10. The molecule has 0 aromatic carbocycles. The highest BCUT2D eigenvalue weighted by Gasteiger charge is 2.47. The van der Waals surface area contributed by atoms with Crippen LogP contribution in [-0.2, 0) is 4.79 Å². The number of hydrogen-bond acceptors (Lipinski definition) is 5. The zero-order chi connectivity index (χ0) is 14.1. The van der Waals surface area contributed by atoms with Gasteiger partial charge in [0.15, 0.2) is 0 Å². The molecule has 20 heavy (non-hydrogen) atoms. The lowest BCUT2D eigenvalue weighted by Gasteiger charge is -2.32. The van der Waals surface area contributed by atoms with Crippen LogP contribution >= 0.6 is 11.5 Å². The number of nitrogens with one attached hydrogen (secondary N) is 1. The van der Waals surface area contributed by atoms with Gasteiger partial charge in [-0.15, -0.1) is 5.10 Å². The van der Waals surface area contributed by atoms with E-state index >= 15 is 0 Å². The molecule has 3 unspecified atom stereocenters. The third kappa shape index (κ3) is 2.35. The van der Waals surface area contributed by atoms with Gasteiger partial charge < -0.3 is 10.0 Å². The third-order valence-electron chi connectivity index (χ3n) is 4.20. The SMILES string of the molecule is O=C(O)C1CC2CCCCC2N1C(=O)Nc1cnns1. The van der Waals surface area contributed by atoms with Gasteiger partial charge in [0, 0.05) is 17.6 Å². The molecular formula is C12H16N4O3S. The summed E-state index contributed by atoms with van der Waals surface area (Å²) in [6.45, 7) is 0. The zero-order valence-electron chi connectivity index (χ0n) is 10.9. The van der Waals surface area contributed by atoms with Crippen LogP contribution < -0.4 is 5.32 Å². The van der Waals surface area contributed by atoms with Crippen molar-refractivity contribution in [3.8, 4) is 0 Å². The Morgan fingerprint density at radius 3 is 2.90 bits per heavy atom. The highest BCUT2D eigenvalue weighted by Crippen LogP contribution is 2.40. The molecule has 8 heteroatoms. The number of amides is 2. The summed E-state index contributed by atoms with van der Waals surface area (Å²) in [4.78, 5) is 25.3. The molecule has 7 nitrogen and oxygen atoms in total. The Bertz CT molecular complexity index is 507. The Morgan fingerprint density at radius 1 is 1.40 bits per heavy atom. The van der Waals surface area contributed by atoms with Crippen molar-refractivity contribution in [2.75, 3.05) is 5.32 Å². The molecule has 2 aliphatic rings. The third-order valence-corrected chi connectivity index (χ3v) is 4.78. The van der Waals surface area contributed by atoms with Gasteiger partial charge >= 0.3 is 12.0 Å². The minimum Gasteiger partial charge on any atom is -0.480 e. The van der Waals surface area contributed by atoms with E-state index in [9.17, 15) is 14.7 Å². The van der Waals surface area contributed by atoms with Crippen molar-refractivity contribution in [2.24, 2.45) is 5.92 Å². The molecule has 3 rings (SSSR count). The Labute approximate surface area is 120 Å². The minimum absolute atomic E-state index is 0.0470. The Morgan fingerprint density at radius 2 is 2.20 bits per heavy atom. The number of nitrogens with zero attached hydrogens (tertiary/aromatic N) is 3. The van der Waals surface area contributed by atoms with Gasteiger partial charge in [0.1, 0.15) is 11.0 Å². The molecular weight excluding hydrogens is 280 g/mol.